The van der Waals surface area contributed by atoms with Gasteiger partial charge in [0.05, 0.1) is 17.6 Å². The molecule has 0 radical (unpaired) electrons. The van der Waals surface area contributed by atoms with E-state index in [0.717, 1.165) is 6.42 Å². The molecule has 2 heterocycles. The van der Waals surface area contributed by atoms with Gasteiger partial charge in [0.15, 0.2) is 0 Å². The van der Waals surface area contributed by atoms with Crippen LogP contribution in [0.4, 0.5) is 0 Å². The van der Waals surface area contributed by atoms with Crippen LogP contribution in [-0.4, -0.2) is 35.1 Å². The molecule has 3 nitrogen and oxygen atoms in total. The molecule has 0 aromatic heterocycles. The summed E-state index contributed by atoms with van der Waals surface area (Å²) in [5.74, 6) is 1.26. The van der Waals surface area contributed by atoms with Crippen LogP contribution in [-0.2, 0) is 9.53 Å². The van der Waals surface area contributed by atoms with Crippen LogP contribution in [0.1, 0.15) is 53.4 Å². The first kappa shape index (κ1) is 15.1. The SMILES string of the molecule is C[C@H]1C[C@H]2C(=O)N(C)[C@](C)([C@@H](C)[C@@H]3C=CCCC3)[C@@]2(C)O1. The molecule has 0 aromatic carbocycles. The van der Waals surface area contributed by atoms with E-state index in [4.69, 9.17) is 4.74 Å². The lowest BCUT2D eigenvalue weighted by atomic mass is 9.65. The predicted octanol–water partition coefficient (Wildman–Crippen LogP) is 3.39. The lowest BCUT2D eigenvalue weighted by Crippen LogP contribution is -2.60. The number of likely N-dealkylation sites (N-methyl/N-ethyl adjacent to an activating group) is 1. The number of carbonyl (C=O) groups is 1. The van der Waals surface area contributed by atoms with Gasteiger partial charge in [-0.25, -0.2) is 0 Å². The normalized spacial score (nSPS) is 47.8. The predicted molar refractivity (Wildman–Crippen MR) is 83.9 cm³/mol. The minimum Gasteiger partial charge on any atom is -0.369 e. The molecule has 3 aliphatic rings. The number of hydrogen-bond acceptors (Lipinski definition) is 2. The molecule has 0 unspecified atom stereocenters. The van der Waals surface area contributed by atoms with Gasteiger partial charge in [0, 0.05) is 7.05 Å². The molecule has 0 N–H and O–H groups in total. The first-order valence-electron chi connectivity index (χ1n) is 8.44. The van der Waals surface area contributed by atoms with Crippen LogP contribution in [0.3, 0.4) is 0 Å². The highest BCUT2D eigenvalue weighted by Crippen LogP contribution is 2.56. The second-order valence-corrected chi connectivity index (χ2v) is 7.68. The number of fused-ring (bicyclic) bond motifs is 1. The molecule has 2 saturated heterocycles. The van der Waals surface area contributed by atoms with Gasteiger partial charge in [0.25, 0.3) is 0 Å². The summed E-state index contributed by atoms with van der Waals surface area (Å²) in [5, 5.41) is 0. The Morgan fingerprint density at radius 2 is 2.14 bits per heavy atom. The molecule has 0 saturated carbocycles. The molecule has 21 heavy (non-hydrogen) atoms. The lowest BCUT2D eigenvalue weighted by molar-refractivity contribution is -0.138. The number of allylic oxidation sites excluding steroid dienone is 2. The standard InChI is InChI=1S/C18H29NO2/c1-12-11-15-16(20)19(5)17(3,18(15,4)21-12)13(2)14-9-7-6-8-10-14/h7,9,12-15H,6,8,10-11H2,1-5H3/t12-,13-,14+,15-,17+,18-/m0/s1. The molecule has 1 aliphatic carbocycles. The summed E-state index contributed by atoms with van der Waals surface area (Å²) in [6, 6.07) is 0. The summed E-state index contributed by atoms with van der Waals surface area (Å²) in [4.78, 5) is 14.8. The quantitative estimate of drug-likeness (QED) is 0.730. The largest absolute Gasteiger partial charge is 0.369 e. The van der Waals surface area contributed by atoms with Gasteiger partial charge in [-0.2, -0.15) is 0 Å². The topological polar surface area (TPSA) is 29.5 Å². The van der Waals surface area contributed by atoms with Crippen LogP contribution in [0.5, 0.6) is 0 Å². The van der Waals surface area contributed by atoms with E-state index in [1.807, 2.05) is 11.9 Å². The maximum Gasteiger partial charge on any atom is 0.229 e. The van der Waals surface area contributed by atoms with Gasteiger partial charge in [-0.15, -0.1) is 0 Å². The van der Waals surface area contributed by atoms with Crippen molar-refractivity contribution in [3.05, 3.63) is 12.2 Å². The monoisotopic (exact) mass is 291 g/mol. The highest BCUT2D eigenvalue weighted by molar-refractivity contribution is 5.85. The van der Waals surface area contributed by atoms with Crippen molar-refractivity contribution >= 4 is 5.91 Å². The van der Waals surface area contributed by atoms with E-state index >= 15 is 0 Å². The van der Waals surface area contributed by atoms with E-state index < -0.39 is 0 Å². The summed E-state index contributed by atoms with van der Waals surface area (Å²) in [6.07, 6.45) is 9.41. The number of likely N-dealkylation sites (tertiary alicyclic amines) is 1. The summed E-state index contributed by atoms with van der Waals surface area (Å²) >= 11 is 0. The first-order chi connectivity index (χ1) is 9.82. The molecule has 118 valence electrons. The fourth-order valence-electron chi connectivity index (χ4n) is 5.14. The van der Waals surface area contributed by atoms with Crippen LogP contribution in [0.2, 0.25) is 0 Å². The third-order valence-corrected chi connectivity index (χ3v) is 6.83. The molecular weight excluding hydrogens is 262 g/mol. The summed E-state index contributed by atoms with van der Waals surface area (Å²) in [5.41, 5.74) is -0.588. The van der Waals surface area contributed by atoms with Crippen LogP contribution in [0, 0.1) is 17.8 Å². The van der Waals surface area contributed by atoms with Gasteiger partial charge in [-0.05, 0) is 58.3 Å². The Morgan fingerprint density at radius 3 is 2.76 bits per heavy atom. The van der Waals surface area contributed by atoms with Gasteiger partial charge >= 0.3 is 0 Å². The van der Waals surface area contributed by atoms with Crippen molar-refractivity contribution in [2.45, 2.75) is 70.6 Å². The smallest absolute Gasteiger partial charge is 0.229 e. The van der Waals surface area contributed by atoms with Gasteiger partial charge < -0.3 is 9.64 Å². The number of hydrogen-bond donors (Lipinski definition) is 0. The Labute approximate surface area is 128 Å². The molecule has 1 amide bonds. The zero-order valence-electron chi connectivity index (χ0n) is 14.1. The summed E-state index contributed by atoms with van der Waals surface area (Å²) in [7, 11) is 1.98. The van der Waals surface area contributed by atoms with Crippen molar-refractivity contribution in [2.75, 3.05) is 7.05 Å². The highest BCUT2D eigenvalue weighted by Gasteiger charge is 2.68. The Kier molecular flexibility index (Phi) is 3.47. The lowest BCUT2D eigenvalue weighted by Gasteiger charge is -2.50. The van der Waals surface area contributed by atoms with Gasteiger partial charge in [-0.3, -0.25) is 4.79 Å². The highest BCUT2D eigenvalue weighted by atomic mass is 16.5. The maximum atomic E-state index is 12.8. The maximum absolute atomic E-state index is 12.8. The minimum atomic E-state index is -0.358. The van der Waals surface area contributed by atoms with E-state index in [2.05, 4.69) is 39.8 Å². The van der Waals surface area contributed by atoms with Crippen LogP contribution >= 0.6 is 0 Å². The molecule has 0 spiro atoms. The Morgan fingerprint density at radius 1 is 1.43 bits per heavy atom. The van der Waals surface area contributed by atoms with E-state index in [-0.39, 0.29) is 29.1 Å². The average molecular weight is 291 g/mol. The Balaban J connectivity index is 1.99. The number of amides is 1. The van der Waals surface area contributed by atoms with Gasteiger partial charge in [0.2, 0.25) is 5.91 Å². The van der Waals surface area contributed by atoms with E-state index in [1.165, 1.54) is 19.3 Å². The minimum absolute atomic E-state index is 0.0255. The number of rotatable bonds is 2. The third kappa shape index (κ3) is 1.86. The van der Waals surface area contributed by atoms with E-state index in [1.54, 1.807) is 0 Å². The van der Waals surface area contributed by atoms with Gasteiger partial charge in [0.1, 0.15) is 5.60 Å². The molecule has 2 fully saturated rings. The van der Waals surface area contributed by atoms with Gasteiger partial charge in [-0.1, -0.05) is 19.1 Å². The zero-order chi connectivity index (χ0) is 15.4. The first-order valence-corrected chi connectivity index (χ1v) is 8.44. The second kappa shape index (κ2) is 4.84. The third-order valence-electron chi connectivity index (χ3n) is 6.83. The van der Waals surface area contributed by atoms with Crippen LogP contribution < -0.4 is 0 Å². The summed E-state index contributed by atoms with van der Waals surface area (Å²) in [6.45, 7) is 8.83. The van der Waals surface area contributed by atoms with E-state index in [0.29, 0.717) is 11.8 Å². The van der Waals surface area contributed by atoms with Crippen LogP contribution in [0.25, 0.3) is 0 Å². The van der Waals surface area contributed by atoms with Crippen molar-refractivity contribution in [1.29, 1.82) is 0 Å². The van der Waals surface area contributed by atoms with Crippen molar-refractivity contribution < 1.29 is 9.53 Å². The molecule has 3 rings (SSSR count). The molecule has 2 aliphatic heterocycles. The van der Waals surface area contributed by atoms with Crippen molar-refractivity contribution in [3.63, 3.8) is 0 Å². The van der Waals surface area contributed by atoms with Crippen molar-refractivity contribution in [3.8, 4) is 0 Å². The van der Waals surface area contributed by atoms with Crippen molar-refractivity contribution in [2.24, 2.45) is 17.8 Å². The number of nitrogens with zero attached hydrogens (tertiary/aromatic N) is 1. The fraction of sp³-hybridized carbons (Fsp3) is 0.833. The molecule has 0 bridgehead atoms. The van der Waals surface area contributed by atoms with E-state index in [9.17, 15) is 4.79 Å². The molecular formula is C18H29NO2. The average Bonchev–Trinajstić information content (AvgIpc) is 2.86. The second-order valence-electron chi connectivity index (χ2n) is 7.68. The van der Waals surface area contributed by atoms with Crippen molar-refractivity contribution in [1.82, 2.24) is 4.90 Å². The van der Waals surface area contributed by atoms with Crippen LogP contribution in [0.15, 0.2) is 12.2 Å². The zero-order valence-corrected chi connectivity index (χ0v) is 14.1. The molecule has 3 heteroatoms. The Hall–Kier alpha value is -0.830. The number of carbonyl (C=O) groups excluding carboxylic acids is 1. The summed E-state index contributed by atoms with van der Waals surface area (Å²) < 4.78 is 6.35. The Bertz CT molecular complexity index is 474. The fourth-order valence-corrected chi connectivity index (χ4v) is 5.14. The molecule has 0 aromatic rings. The number of ether oxygens (including phenoxy) is 1. The molecule has 6 atom stereocenters.